The minimum absolute atomic E-state index is 0.0982. The van der Waals surface area contributed by atoms with Crippen molar-refractivity contribution in [1.82, 2.24) is 0 Å². The van der Waals surface area contributed by atoms with E-state index in [0.29, 0.717) is 45.2 Å². The number of nitrogens with zero attached hydrogens (tertiary/aromatic N) is 1. The van der Waals surface area contributed by atoms with Gasteiger partial charge in [0.15, 0.2) is 0 Å². The van der Waals surface area contributed by atoms with Gasteiger partial charge in [0.2, 0.25) is 0 Å². The zero-order chi connectivity index (χ0) is 27.6. The van der Waals surface area contributed by atoms with E-state index in [2.05, 4.69) is 5.32 Å². The Bertz CT molecular complexity index is 1510. The molecule has 6 nitrogen and oxygen atoms in total. The van der Waals surface area contributed by atoms with Crippen LogP contribution in [0.5, 0.6) is 17.2 Å². The Morgan fingerprint density at radius 2 is 1.64 bits per heavy atom. The van der Waals surface area contributed by atoms with E-state index in [1.807, 2.05) is 36.4 Å². The standard InChI is InChI=1S/C31H24Cl2N2O4/c1-37-28-12-8-22(30(17-28)39-20-23-7-9-25(32)16-29(23)33)15-24(18-34)31(36)35-26-10-13-27(14-11-26)38-19-21-5-3-2-4-6-21/h2-17H,19-20H2,1H3,(H,35,36)/b24-15+. The first kappa shape index (κ1) is 27.6. The average Bonchev–Trinajstić information content (AvgIpc) is 2.96. The molecule has 0 unspecified atom stereocenters. The van der Waals surface area contributed by atoms with E-state index in [4.69, 9.17) is 37.4 Å². The molecular weight excluding hydrogens is 535 g/mol. The lowest BCUT2D eigenvalue weighted by Gasteiger charge is -2.13. The van der Waals surface area contributed by atoms with Crippen molar-refractivity contribution >= 4 is 40.9 Å². The lowest BCUT2D eigenvalue weighted by molar-refractivity contribution is -0.112. The SMILES string of the molecule is COc1ccc(/C=C(\C#N)C(=O)Nc2ccc(OCc3ccccc3)cc2)c(OCc2ccc(Cl)cc2Cl)c1. The number of anilines is 1. The van der Waals surface area contributed by atoms with Crippen LogP contribution < -0.4 is 19.5 Å². The summed E-state index contributed by atoms with van der Waals surface area (Å²) in [6, 6.07) is 29.0. The van der Waals surface area contributed by atoms with Crippen LogP contribution in [0.3, 0.4) is 0 Å². The van der Waals surface area contributed by atoms with Crippen LogP contribution >= 0.6 is 23.2 Å². The molecule has 39 heavy (non-hydrogen) atoms. The topological polar surface area (TPSA) is 80.6 Å². The number of ether oxygens (including phenoxy) is 3. The quantitative estimate of drug-likeness (QED) is 0.159. The maximum atomic E-state index is 12.9. The van der Waals surface area contributed by atoms with Gasteiger partial charge < -0.3 is 19.5 Å². The molecule has 1 amide bonds. The van der Waals surface area contributed by atoms with Crippen molar-refractivity contribution in [3.8, 4) is 23.3 Å². The molecule has 0 atom stereocenters. The highest BCUT2D eigenvalue weighted by molar-refractivity contribution is 6.35. The van der Waals surface area contributed by atoms with Gasteiger partial charge in [-0.3, -0.25) is 4.79 Å². The molecule has 0 aliphatic rings. The first-order valence-corrected chi connectivity index (χ1v) is 12.7. The van der Waals surface area contributed by atoms with Crippen LogP contribution in [0.25, 0.3) is 6.08 Å². The molecule has 196 valence electrons. The molecule has 0 aliphatic carbocycles. The van der Waals surface area contributed by atoms with Gasteiger partial charge in [0.1, 0.15) is 42.1 Å². The number of amides is 1. The van der Waals surface area contributed by atoms with Crippen molar-refractivity contribution in [1.29, 1.82) is 5.26 Å². The third-order valence-electron chi connectivity index (χ3n) is 5.64. The lowest BCUT2D eigenvalue weighted by atomic mass is 10.1. The van der Waals surface area contributed by atoms with Crippen molar-refractivity contribution in [3.63, 3.8) is 0 Å². The molecule has 4 aromatic carbocycles. The minimum Gasteiger partial charge on any atom is -0.497 e. The van der Waals surface area contributed by atoms with Gasteiger partial charge in [-0.1, -0.05) is 59.6 Å². The lowest BCUT2D eigenvalue weighted by Crippen LogP contribution is -2.13. The number of hydrogen-bond acceptors (Lipinski definition) is 5. The molecule has 4 aromatic rings. The summed E-state index contributed by atoms with van der Waals surface area (Å²) in [6.45, 7) is 0.584. The molecule has 0 fully saturated rings. The first-order chi connectivity index (χ1) is 18.9. The van der Waals surface area contributed by atoms with Gasteiger partial charge in [-0.05, 0) is 60.2 Å². The number of rotatable bonds is 10. The fourth-order valence-electron chi connectivity index (χ4n) is 3.56. The van der Waals surface area contributed by atoms with Crippen molar-refractivity contribution < 1.29 is 19.0 Å². The second kappa shape index (κ2) is 13.4. The van der Waals surface area contributed by atoms with E-state index >= 15 is 0 Å². The summed E-state index contributed by atoms with van der Waals surface area (Å²) in [5, 5.41) is 13.5. The summed E-state index contributed by atoms with van der Waals surface area (Å²) in [7, 11) is 1.54. The van der Waals surface area contributed by atoms with Crippen molar-refractivity contribution in [2.24, 2.45) is 0 Å². The summed E-state index contributed by atoms with van der Waals surface area (Å²) in [6.07, 6.45) is 1.46. The number of benzene rings is 4. The predicted octanol–water partition coefficient (Wildman–Crippen LogP) is 7.71. The second-order valence-electron chi connectivity index (χ2n) is 8.35. The molecular formula is C31H24Cl2N2O4. The Kier molecular flexibility index (Phi) is 9.47. The normalized spacial score (nSPS) is 10.9. The summed E-state index contributed by atoms with van der Waals surface area (Å²) in [5.74, 6) is 1.08. The van der Waals surface area contributed by atoms with Gasteiger partial charge in [0, 0.05) is 32.9 Å². The number of nitrogens with one attached hydrogen (secondary N) is 1. The number of carbonyl (C=O) groups is 1. The smallest absolute Gasteiger partial charge is 0.266 e. The summed E-state index contributed by atoms with van der Waals surface area (Å²) in [4.78, 5) is 12.9. The molecule has 0 bridgehead atoms. The van der Waals surface area contributed by atoms with Crippen LogP contribution in [-0.4, -0.2) is 13.0 Å². The highest BCUT2D eigenvalue weighted by atomic mass is 35.5. The van der Waals surface area contributed by atoms with Gasteiger partial charge in [0.25, 0.3) is 5.91 Å². The Morgan fingerprint density at radius 1 is 0.897 bits per heavy atom. The van der Waals surface area contributed by atoms with Crippen LogP contribution in [0, 0.1) is 11.3 Å². The van der Waals surface area contributed by atoms with Crippen LogP contribution in [0.1, 0.15) is 16.7 Å². The molecule has 0 radical (unpaired) electrons. The number of methoxy groups -OCH3 is 1. The predicted molar refractivity (Wildman–Crippen MR) is 153 cm³/mol. The zero-order valence-corrected chi connectivity index (χ0v) is 22.5. The maximum Gasteiger partial charge on any atom is 0.266 e. The molecule has 4 rings (SSSR count). The van der Waals surface area contributed by atoms with Crippen molar-refractivity contribution in [2.75, 3.05) is 12.4 Å². The maximum absolute atomic E-state index is 12.9. The number of hydrogen-bond donors (Lipinski definition) is 1. The van der Waals surface area contributed by atoms with E-state index in [1.54, 1.807) is 60.7 Å². The van der Waals surface area contributed by atoms with E-state index < -0.39 is 5.91 Å². The highest BCUT2D eigenvalue weighted by Crippen LogP contribution is 2.29. The van der Waals surface area contributed by atoms with Crippen molar-refractivity contribution in [2.45, 2.75) is 13.2 Å². The van der Waals surface area contributed by atoms with Crippen molar-refractivity contribution in [3.05, 3.63) is 123 Å². The second-order valence-corrected chi connectivity index (χ2v) is 9.19. The monoisotopic (exact) mass is 558 g/mol. The van der Waals surface area contributed by atoms with E-state index in [1.165, 1.54) is 13.2 Å². The van der Waals surface area contributed by atoms with E-state index in [9.17, 15) is 10.1 Å². The summed E-state index contributed by atoms with van der Waals surface area (Å²) >= 11 is 12.3. The Morgan fingerprint density at radius 3 is 2.33 bits per heavy atom. The van der Waals surface area contributed by atoms with E-state index in [0.717, 1.165) is 11.1 Å². The third-order valence-corrected chi connectivity index (χ3v) is 6.23. The Balaban J connectivity index is 1.46. The molecule has 1 N–H and O–H groups in total. The van der Waals surface area contributed by atoms with Crippen LogP contribution in [-0.2, 0) is 18.0 Å². The van der Waals surface area contributed by atoms with Crippen LogP contribution in [0.15, 0.2) is 96.6 Å². The Labute approximate surface area is 237 Å². The number of carbonyl (C=O) groups excluding carboxylic acids is 1. The van der Waals surface area contributed by atoms with Crippen LogP contribution in [0.2, 0.25) is 10.0 Å². The molecule has 0 heterocycles. The first-order valence-electron chi connectivity index (χ1n) is 11.9. The van der Waals surface area contributed by atoms with Gasteiger partial charge in [-0.2, -0.15) is 5.26 Å². The van der Waals surface area contributed by atoms with Gasteiger partial charge in [-0.15, -0.1) is 0 Å². The number of nitriles is 1. The van der Waals surface area contributed by atoms with Gasteiger partial charge in [-0.25, -0.2) is 0 Å². The molecule has 0 saturated heterocycles. The fraction of sp³-hybridized carbons (Fsp3) is 0.0968. The minimum atomic E-state index is -0.557. The molecule has 0 aromatic heterocycles. The molecule has 0 saturated carbocycles. The average molecular weight is 559 g/mol. The van der Waals surface area contributed by atoms with Gasteiger partial charge in [0.05, 0.1) is 7.11 Å². The fourth-order valence-corrected chi connectivity index (χ4v) is 4.02. The Hall–Kier alpha value is -4.44. The third kappa shape index (κ3) is 7.78. The molecule has 0 spiro atoms. The van der Waals surface area contributed by atoms with Gasteiger partial charge >= 0.3 is 0 Å². The largest absolute Gasteiger partial charge is 0.497 e. The summed E-state index contributed by atoms with van der Waals surface area (Å²) in [5.41, 5.74) is 2.73. The molecule has 8 heteroatoms. The summed E-state index contributed by atoms with van der Waals surface area (Å²) < 4.78 is 17.1. The van der Waals surface area contributed by atoms with Crippen LogP contribution in [0.4, 0.5) is 5.69 Å². The zero-order valence-electron chi connectivity index (χ0n) is 21.0. The number of halogens is 2. The molecule has 0 aliphatic heterocycles. The van der Waals surface area contributed by atoms with E-state index in [-0.39, 0.29) is 12.2 Å². The highest BCUT2D eigenvalue weighted by Gasteiger charge is 2.13.